The molecule has 1 aliphatic carbocycles. The van der Waals surface area contributed by atoms with Crippen molar-refractivity contribution in [2.75, 3.05) is 0 Å². The Labute approximate surface area is 90.3 Å². The summed E-state index contributed by atoms with van der Waals surface area (Å²) >= 11 is 0. The van der Waals surface area contributed by atoms with Gasteiger partial charge < -0.3 is 5.11 Å². The highest BCUT2D eigenvalue weighted by atomic mass is 16.3. The summed E-state index contributed by atoms with van der Waals surface area (Å²) < 4.78 is 1.88. The van der Waals surface area contributed by atoms with Crippen LogP contribution >= 0.6 is 0 Å². The molecule has 0 saturated heterocycles. The number of nitrogens with zero attached hydrogens (tertiary/aromatic N) is 3. The molecule has 1 atom stereocenters. The predicted octanol–water partition coefficient (Wildman–Crippen LogP) is 1.56. The third-order valence-corrected chi connectivity index (χ3v) is 3.36. The van der Waals surface area contributed by atoms with E-state index < -0.39 is 0 Å². The van der Waals surface area contributed by atoms with Crippen LogP contribution in [-0.4, -0.2) is 26.0 Å². The summed E-state index contributed by atoms with van der Waals surface area (Å²) in [4.78, 5) is 4.21. The normalized spacial score (nSPS) is 20.6. The Bertz CT molecular complexity index is 341. The number of hydrogen-bond acceptors (Lipinski definition) is 3. The van der Waals surface area contributed by atoms with Crippen molar-refractivity contribution in [1.82, 2.24) is 14.8 Å². The minimum Gasteiger partial charge on any atom is -0.392 e. The van der Waals surface area contributed by atoms with Gasteiger partial charge in [-0.05, 0) is 32.1 Å². The van der Waals surface area contributed by atoms with Gasteiger partial charge in [0.25, 0.3) is 0 Å². The van der Waals surface area contributed by atoms with E-state index in [9.17, 15) is 5.11 Å². The zero-order valence-electron chi connectivity index (χ0n) is 9.64. The van der Waals surface area contributed by atoms with Gasteiger partial charge in [-0.25, -0.2) is 9.67 Å². The van der Waals surface area contributed by atoms with Crippen molar-refractivity contribution in [3.8, 4) is 0 Å². The Balaban J connectivity index is 2.07. The monoisotopic (exact) mass is 209 g/mol. The molecule has 1 N–H and O–H groups in total. The fraction of sp³-hybridized carbons (Fsp3) is 0.818. The molecular formula is C11H19N3O. The second-order valence-electron chi connectivity index (χ2n) is 5.09. The van der Waals surface area contributed by atoms with Crippen LogP contribution in [-0.2, 0) is 6.42 Å². The Hall–Kier alpha value is -0.900. The maximum atomic E-state index is 10.0. The standard InChI is InChI=1S/C11H19N3O/c1-8(2)14-10(12-7-13-14)6-9(15)11(3)4-5-11/h7-9,15H,4-6H2,1-3H3. The van der Waals surface area contributed by atoms with Gasteiger partial charge in [0.2, 0.25) is 0 Å². The zero-order chi connectivity index (χ0) is 11.1. The van der Waals surface area contributed by atoms with E-state index >= 15 is 0 Å². The molecule has 1 unspecified atom stereocenters. The average molecular weight is 209 g/mol. The van der Waals surface area contributed by atoms with E-state index in [1.54, 1.807) is 6.33 Å². The van der Waals surface area contributed by atoms with Gasteiger partial charge in [-0.3, -0.25) is 0 Å². The SMILES string of the molecule is CC(C)n1ncnc1CC(O)C1(C)CC1. The quantitative estimate of drug-likeness (QED) is 0.818. The van der Waals surface area contributed by atoms with Crippen LogP contribution in [0.3, 0.4) is 0 Å². The lowest BCUT2D eigenvalue weighted by Crippen LogP contribution is -2.24. The molecule has 4 nitrogen and oxygen atoms in total. The second kappa shape index (κ2) is 3.59. The van der Waals surface area contributed by atoms with Crippen LogP contribution in [0.4, 0.5) is 0 Å². The first-order valence-electron chi connectivity index (χ1n) is 5.59. The molecule has 1 saturated carbocycles. The van der Waals surface area contributed by atoms with E-state index in [2.05, 4.69) is 30.9 Å². The van der Waals surface area contributed by atoms with Crippen molar-refractivity contribution in [2.45, 2.75) is 52.2 Å². The molecule has 1 fully saturated rings. The Morgan fingerprint density at radius 1 is 1.53 bits per heavy atom. The van der Waals surface area contributed by atoms with E-state index in [1.165, 1.54) is 0 Å². The number of rotatable bonds is 4. The van der Waals surface area contributed by atoms with Gasteiger partial charge in [0.15, 0.2) is 0 Å². The molecular weight excluding hydrogens is 190 g/mol. The lowest BCUT2D eigenvalue weighted by Gasteiger charge is -2.18. The highest BCUT2D eigenvalue weighted by molar-refractivity contribution is 5.00. The van der Waals surface area contributed by atoms with Gasteiger partial charge in [-0.1, -0.05) is 6.92 Å². The summed E-state index contributed by atoms with van der Waals surface area (Å²) in [7, 11) is 0. The Kier molecular flexibility index (Phi) is 2.54. The Morgan fingerprint density at radius 2 is 2.20 bits per heavy atom. The first-order valence-corrected chi connectivity index (χ1v) is 5.59. The van der Waals surface area contributed by atoms with Crippen molar-refractivity contribution >= 4 is 0 Å². The van der Waals surface area contributed by atoms with Gasteiger partial charge in [0.1, 0.15) is 12.2 Å². The lowest BCUT2D eigenvalue weighted by atomic mass is 9.99. The molecule has 0 amide bonds. The average Bonchev–Trinajstić information content (AvgIpc) is 2.77. The molecule has 2 rings (SSSR count). The third-order valence-electron chi connectivity index (χ3n) is 3.36. The highest BCUT2D eigenvalue weighted by Gasteiger charge is 2.44. The van der Waals surface area contributed by atoms with Crippen molar-refractivity contribution in [1.29, 1.82) is 0 Å². The number of aliphatic hydroxyl groups is 1. The number of aliphatic hydroxyl groups excluding tert-OH is 1. The molecule has 4 heteroatoms. The molecule has 0 radical (unpaired) electrons. The van der Waals surface area contributed by atoms with Crippen LogP contribution in [0.25, 0.3) is 0 Å². The number of hydrogen-bond donors (Lipinski definition) is 1. The molecule has 1 aromatic rings. The van der Waals surface area contributed by atoms with Crippen molar-refractivity contribution in [3.63, 3.8) is 0 Å². The van der Waals surface area contributed by atoms with Crippen LogP contribution in [0.1, 0.15) is 45.5 Å². The highest BCUT2D eigenvalue weighted by Crippen LogP contribution is 2.48. The fourth-order valence-electron chi connectivity index (χ4n) is 1.80. The second-order valence-corrected chi connectivity index (χ2v) is 5.09. The van der Waals surface area contributed by atoms with Crippen LogP contribution < -0.4 is 0 Å². The van der Waals surface area contributed by atoms with Crippen LogP contribution in [0.15, 0.2) is 6.33 Å². The molecule has 1 aromatic heterocycles. The van der Waals surface area contributed by atoms with E-state index in [0.717, 1.165) is 18.7 Å². The minimum atomic E-state index is -0.279. The van der Waals surface area contributed by atoms with Gasteiger partial charge >= 0.3 is 0 Å². The summed E-state index contributed by atoms with van der Waals surface area (Å²) in [6, 6.07) is 0.307. The summed E-state index contributed by atoms with van der Waals surface area (Å²) in [5.74, 6) is 0.894. The molecule has 84 valence electrons. The first-order chi connectivity index (χ1) is 7.03. The molecule has 0 bridgehead atoms. The summed E-state index contributed by atoms with van der Waals surface area (Å²) in [5, 5.41) is 14.2. The van der Waals surface area contributed by atoms with E-state index in [1.807, 2.05) is 4.68 Å². The van der Waals surface area contributed by atoms with Crippen molar-refractivity contribution < 1.29 is 5.11 Å². The maximum absolute atomic E-state index is 10.0. The van der Waals surface area contributed by atoms with Crippen molar-refractivity contribution in [3.05, 3.63) is 12.2 Å². The molecule has 0 aliphatic heterocycles. The predicted molar refractivity (Wildman–Crippen MR) is 57.5 cm³/mol. The third kappa shape index (κ3) is 2.04. The Morgan fingerprint density at radius 3 is 2.73 bits per heavy atom. The van der Waals surface area contributed by atoms with Crippen molar-refractivity contribution in [2.24, 2.45) is 5.41 Å². The zero-order valence-corrected chi connectivity index (χ0v) is 9.64. The summed E-state index contributed by atoms with van der Waals surface area (Å²) in [6.07, 6.45) is 4.17. The largest absolute Gasteiger partial charge is 0.392 e. The van der Waals surface area contributed by atoms with Gasteiger partial charge in [0, 0.05) is 12.5 Å². The van der Waals surface area contributed by atoms with Gasteiger partial charge in [-0.2, -0.15) is 5.10 Å². The molecule has 1 aliphatic rings. The molecule has 0 aromatic carbocycles. The molecule has 0 spiro atoms. The topological polar surface area (TPSA) is 50.9 Å². The smallest absolute Gasteiger partial charge is 0.138 e. The van der Waals surface area contributed by atoms with Gasteiger partial charge in [-0.15, -0.1) is 0 Å². The molecule has 15 heavy (non-hydrogen) atoms. The van der Waals surface area contributed by atoms with E-state index in [0.29, 0.717) is 12.5 Å². The maximum Gasteiger partial charge on any atom is 0.138 e. The van der Waals surface area contributed by atoms with Crippen LogP contribution in [0.5, 0.6) is 0 Å². The van der Waals surface area contributed by atoms with Crippen LogP contribution in [0.2, 0.25) is 0 Å². The van der Waals surface area contributed by atoms with E-state index in [4.69, 9.17) is 0 Å². The number of aromatic nitrogens is 3. The van der Waals surface area contributed by atoms with Crippen LogP contribution in [0, 0.1) is 5.41 Å². The fourth-order valence-corrected chi connectivity index (χ4v) is 1.80. The van der Waals surface area contributed by atoms with E-state index in [-0.39, 0.29) is 11.5 Å². The summed E-state index contributed by atoms with van der Waals surface area (Å²) in [5.41, 5.74) is 0.133. The van der Waals surface area contributed by atoms with Gasteiger partial charge in [0.05, 0.1) is 6.10 Å². The first kappa shape index (κ1) is 10.6. The molecule has 1 heterocycles. The minimum absolute atomic E-state index is 0.133. The summed E-state index contributed by atoms with van der Waals surface area (Å²) in [6.45, 7) is 6.28. The lowest BCUT2D eigenvalue weighted by molar-refractivity contribution is 0.0996.